The number of aromatic amines is 1. The molecular weight excluding hydrogens is 190 g/mol. The molecule has 0 aliphatic carbocycles. The van der Waals surface area contributed by atoms with Crippen LogP contribution in [0.2, 0.25) is 0 Å². The van der Waals surface area contributed by atoms with Gasteiger partial charge in [0, 0.05) is 13.1 Å². The standard InChI is InChI=1S/C10H19N5/c1-2-8-4-3-6-15(7-5-8)10-12-9(11)13-14-10/h8H,2-7H2,1H3,(H3,11,12,13,14). The minimum absolute atomic E-state index is 0.404. The number of nitrogens with zero attached hydrogens (tertiary/aromatic N) is 3. The minimum atomic E-state index is 0.404. The normalized spacial score (nSPS) is 22.7. The summed E-state index contributed by atoms with van der Waals surface area (Å²) in [5.41, 5.74) is 5.52. The van der Waals surface area contributed by atoms with Crippen LogP contribution in [0.5, 0.6) is 0 Å². The van der Waals surface area contributed by atoms with E-state index in [1.807, 2.05) is 0 Å². The zero-order valence-electron chi connectivity index (χ0n) is 9.24. The fourth-order valence-electron chi connectivity index (χ4n) is 2.18. The summed E-state index contributed by atoms with van der Waals surface area (Å²) >= 11 is 0. The molecular formula is C10H19N5. The molecule has 84 valence electrons. The SMILES string of the molecule is CCC1CCCN(c2n[nH]c(N)n2)CC1. The third-order valence-electron chi connectivity index (χ3n) is 3.20. The Balaban J connectivity index is 1.99. The molecule has 1 atom stereocenters. The quantitative estimate of drug-likeness (QED) is 0.772. The van der Waals surface area contributed by atoms with Gasteiger partial charge in [0.15, 0.2) is 0 Å². The van der Waals surface area contributed by atoms with Crippen LogP contribution in [0.4, 0.5) is 11.9 Å². The number of nitrogens with one attached hydrogen (secondary N) is 1. The van der Waals surface area contributed by atoms with Gasteiger partial charge < -0.3 is 10.6 Å². The van der Waals surface area contributed by atoms with Gasteiger partial charge in [-0.1, -0.05) is 13.3 Å². The molecule has 3 N–H and O–H groups in total. The number of hydrogen-bond acceptors (Lipinski definition) is 4. The van der Waals surface area contributed by atoms with E-state index in [1.165, 1.54) is 25.7 Å². The van der Waals surface area contributed by atoms with Crippen molar-refractivity contribution in [2.24, 2.45) is 5.92 Å². The number of nitrogens with two attached hydrogens (primary N) is 1. The number of nitrogen functional groups attached to an aromatic ring is 1. The van der Waals surface area contributed by atoms with Gasteiger partial charge in [-0.25, -0.2) is 5.10 Å². The number of aromatic nitrogens is 3. The van der Waals surface area contributed by atoms with Gasteiger partial charge in [0.1, 0.15) is 0 Å². The highest BCUT2D eigenvalue weighted by atomic mass is 15.4. The first-order valence-corrected chi connectivity index (χ1v) is 5.72. The summed E-state index contributed by atoms with van der Waals surface area (Å²) < 4.78 is 0. The van der Waals surface area contributed by atoms with E-state index in [0.29, 0.717) is 5.95 Å². The van der Waals surface area contributed by atoms with Gasteiger partial charge in [-0.05, 0) is 25.2 Å². The van der Waals surface area contributed by atoms with Crippen molar-refractivity contribution < 1.29 is 0 Å². The van der Waals surface area contributed by atoms with Crippen LogP contribution in [0.3, 0.4) is 0 Å². The fourth-order valence-corrected chi connectivity index (χ4v) is 2.18. The number of H-pyrrole nitrogens is 1. The lowest BCUT2D eigenvalue weighted by Crippen LogP contribution is -2.25. The second kappa shape index (κ2) is 4.51. The molecule has 0 radical (unpaired) electrons. The lowest BCUT2D eigenvalue weighted by molar-refractivity contribution is 0.459. The van der Waals surface area contributed by atoms with Crippen LogP contribution >= 0.6 is 0 Å². The van der Waals surface area contributed by atoms with Crippen molar-refractivity contribution in [2.45, 2.75) is 32.6 Å². The average molecular weight is 209 g/mol. The van der Waals surface area contributed by atoms with Crippen LogP contribution in [0.15, 0.2) is 0 Å². The zero-order valence-corrected chi connectivity index (χ0v) is 9.24. The van der Waals surface area contributed by atoms with E-state index >= 15 is 0 Å². The highest BCUT2D eigenvalue weighted by molar-refractivity contribution is 5.33. The Labute approximate surface area is 90.1 Å². The molecule has 2 rings (SSSR count). The predicted octanol–water partition coefficient (Wildman–Crippen LogP) is 1.40. The molecule has 5 nitrogen and oxygen atoms in total. The molecule has 0 bridgehead atoms. The van der Waals surface area contributed by atoms with Crippen molar-refractivity contribution in [3.05, 3.63) is 0 Å². The molecule has 2 heterocycles. The van der Waals surface area contributed by atoms with Crippen LogP contribution < -0.4 is 10.6 Å². The Morgan fingerprint density at radius 3 is 3.00 bits per heavy atom. The van der Waals surface area contributed by atoms with Crippen LogP contribution in [0.1, 0.15) is 32.6 Å². The van der Waals surface area contributed by atoms with E-state index in [0.717, 1.165) is 25.0 Å². The van der Waals surface area contributed by atoms with Crippen molar-refractivity contribution in [1.29, 1.82) is 0 Å². The summed E-state index contributed by atoms with van der Waals surface area (Å²) in [6.45, 7) is 4.37. The van der Waals surface area contributed by atoms with Crippen molar-refractivity contribution in [2.75, 3.05) is 23.7 Å². The molecule has 0 saturated carbocycles. The summed E-state index contributed by atoms with van der Waals surface area (Å²) in [7, 11) is 0. The summed E-state index contributed by atoms with van der Waals surface area (Å²) in [5, 5.41) is 6.78. The molecule has 15 heavy (non-hydrogen) atoms. The second-order valence-corrected chi connectivity index (χ2v) is 4.21. The highest BCUT2D eigenvalue weighted by Crippen LogP contribution is 2.22. The van der Waals surface area contributed by atoms with Crippen LogP contribution in [0.25, 0.3) is 0 Å². The predicted molar refractivity (Wildman–Crippen MR) is 60.6 cm³/mol. The Morgan fingerprint density at radius 1 is 1.47 bits per heavy atom. The van der Waals surface area contributed by atoms with Crippen molar-refractivity contribution in [3.63, 3.8) is 0 Å². The van der Waals surface area contributed by atoms with E-state index < -0.39 is 0 Å². The molecule has 5 heteroatoms. The molecule has 1 aliphatic heterocycles. The summed E-state index contributed by atoms with van der Waals surface area (Å²) in [6.07, 6.45) is 5.08. The largest absolute Gasteiger partial charge is 0.368 e. The van der Waals surface area contributed by atoms with Gasteiger partial charge in [-0.15, -0.1) is 5.10 Å². The fraction of sp³-hybridized carbons (Fsp3) is 0.800. The Hall–Kier alpha value is -1.26. The van der Waals surface area contributed by atoms with E-state index in [4.69, 9.17) is 5.73 Å². The summed E-state index contributed by atoms with van der Waals surface area (Å²) in [5.74, 6) is 2.02. The van der Waals surface area contributed by atoms with Gasteiger partial charge in [-0.3, -0.25) is 0 Å². The van der Waals surface area contributed by atoms with E-state index in [1.54, 1.807) is 0 Å². The van der Waals surface area contributed by atoms with Gasteiger partial charge in [0.2, 0.25) is 11.9 Å². The van der Waals surface area contributed by atoms with Gasteiger partial charge in [0.25, 0.3) is 0 Å². The van der Waals surface area contributed by atoms with E-state index in [2.05, 4.69) is 27.0 Å². The third kappa shape index (κ3) is 2.40. The van der Waals surface area contributed by atoms with Crippen LogP contribution in [-0.4, -0.2) is 28.3 Å². The first kappa shape index (κ1) is 10.3. The smallest absolute Gasteiger partial charge is 0.246 e. The number of rotatable bonds is 2. The molecule has 1 unspecified atom stereocenters. The topological polar surface area (TPSA) is 70.8 Å². The Bertz CT molecular complexity index is 309. The number of anilines is 2. The molecule has 1 aromatic rings. The maximum absolute atomic E-state index is 5.52. The zero-order chi connectivity index (χ0) is 10.7. The molecule has 0 amide bonds. The molecule has 0 aromatic carbocycles. The van der Waals surface area contributed by atoms with Gasteiger partial charge in [-0.2, -0.15) is 4.98 Å². The molecule has 1 aliphatic rings. The first-order valence-electron chi connectivity index (χ1n) is 5.72. The lowest BCUT2D eigenvalue weighted by Gasteiger charge is -2.17. The average Bonchev–Trinajstić information content (AvgIpc) is 2.54. The minimum Gasteiger partial charge on any atom is -0.368 e. The summed E-state index contributed by atoms with van der Waals surface area (Å²) in [6, 6.07) is 0. The number of hydrogen-bond donors (Lipinski definition) is 2. The van der Waals surface area contributed by atoms with Gasteiger partial charge >= 0.3 is 0 Å². The highest BCUT2D eigenvalue weighted by Gasteiger charge is 2.18. The monoisotopic (exact) mass is 209 g/mol. The van der Waals surface area contributed by atoms with E-state index in [-0.39, 0.29) is 0 Å². The third-order valence-corrected chi connectivity index (χ3v) is 3.20. The summed E-state index contributed by atoms with van der Waals surface area (Å²) in [4.78, 5) is 6.39. The Kier molecular flexibility index (Phi) is 3.08. The van der Waals surface area contributed by atoms with Gasteiger partial charge in [0.05, 0.1) is 0 Å². The second-order valence-electron chi connectivity index (χ2n) is 4.21. The van der Waals surface area contributed by atoms with E-state index in [9.17, 15) is 0 Å². The maximum Gasteiger partial charge on any atom is 0.246 e. The Morgan fingerprint density at radius 2 is 2.33 bits per heavy atom. The van der Waals surface area contributed by atoms with Crippen molar-refractivity contribution in [3.8, 4) is 0 Å². The molecule has 0 spiro atoms. The van der Waals surface area contributed by atoms with Crippen molar-refractivity contribution >= 4 is 11.9 Å². The van der Waals surface area contributed by atoms with Crippen LogP contribution in [0, 0.1) is 5.92 Å². The first-order chi connectivity index (χ1) is 7.29. The van der Waals surface area contributed by atoms with Crippen molar-refractivity contribution in [1.82, 2.24) is 15.2 Å². The lowest BCUT2D eigenvalue weighted by atomic mass is 9.98. The maximum atomic E-state index is 5.52. The molecule has 1 aromatic heterocycles. The molecule has 1 fully saturated rings. The molecule has 1 saturated heterocycles. The van der Waals surface area contributed by atoms with Crippen LogP contribution in [-0.2, 0) is 0 Å².